The van der Waals surface area contributed by atoms with Crippen LogP contribution >= 0.6 is 0 Å². The van der Waals surface area contributed by atoms with Crippen LogP contribution in [0.15, 0.2) is 24.3 Å². The van der Waals surface area contributed by atoms with Gasteiger partial charge in [0.2, 0.25) is 17.7 Å². The lowest BCUT2D eigenvalue weighted by Gasteiger charge is -2.23. The Hall–Kier alpha value is -2.42. The highest BCUT2D eigenvalue weighted by Gasteiger charge is 2.41. The van der Waals surface area contributed by atoms with Crippen molar-refractivity contribution in [1.82, 2.24) is 4.90 Å². The molecule has 8 nitrogen and oxygen atoms in total. The predicted molar refractivity (Wildman–Crippen MR) is 110 cm³/mol. The summed E-state index contributed by atoms with van der Waals surface area (Å²) in [7, 11) is -3.09. The molecule has 0 saturated carbocycles. The minimum atomic E-state index is -3.09. The van der Waals surface area contributed by atoms with Crippen LogP contribution in [-0.4, -0.2) is 55.1 Å². The molecule has 1 aromatic rings. The van der Waals surface area contributed by atoms with Crippen molar-refractivity contribution in [3.05, 3.63) is 24.3 Å². The summed E-state index contributed by atoms with van der Waals surface area (Å²) in [6.07, 6.45) is 0.520. The first-order valence-electron chi connectivity index (χ1n) is 9.67. The largest absolute Gasteiger partial charge is 0.338 e. The SMILES string of the molecule is CC(C)(C)C(=O)Nc1ccc(NC(=O)[C@@H]2CC(=O)N([C@H]3CCS(=O)(=O)C3)C2)cc1. The Labute approximate surface area is 170 Å². The number of anilines is 2. The first-order valence-corrected chi connectivity index (χ1v) is 11.5. The molecule has 3 amide bonds. The number of hydrogen-bond donors (Lipinski definition) is 2. The Morgan fingerprint density at radius 3 is 2.17 bits per heavy atom. The molecule has 9 heteroatoms. The lowest BCUT2D eigenvalue weighted by Crippen LogP contribution is -2.38. The number of carbonyl (C=O) groups excluding carboxylic acids is 3. The number of carbonyl (C=O) groups is 3. The fourth-order valence-electron chi connectivity index (χ4n) is 3.48. The molecule has 158 valence electrons. The molecule has 0 bridgehead atoms. The van der Waals surface area contributed by atoms with Crippen LogP contribution in [0, 0.1) is 11.3 Å². The molecule has 2 saturated heterocycles. The van der Waals surface area contributed by atoms with Gasteiger partial charge in [-0.15, -0.1) is 0 Å². The average Bonchev–Trinajstić information content (AvgIpc) is 3.18. The number of sulfone groups is 1. The Balaban J connectivity index is 1.57. The zero-order valence-corrected chi connectivity index (χ0v) is 17.7. The summed E-state index contributed by atoms with van der Waals surface area (Å²) in [6.45, 7) is 5.71. The highest BCUT2D eigenvalue weighted by molar-refractivity contribution is 7.91. The Morgan fingerprint density at radius 1 is 1.07 bits per heavy atom. The minimum Gasteiger partial charge on any atom is -0.338 e. The summed E-state index contributed by atoms with van der Waals surface area (Å²) in [5.41, 5.74) is 0.692. The average molecular weight is 422 g/mol. The van der Waals surface area contributed by atoms with Crippen LogP contribution in [0.5, 0.6) is 0 Å². The molecule has 0 unspecified atom stereocenters. The molecule has 29 heavy (non-hydrogen) atoms. The van der Waals surface area contributed by atoms with Crippen molar-refractivity contribution in [2.24, 2.45) is 11.3 Å². The fourth-order valence-corrected chi connectivity index (χ4v) is 5.21. The van der Waals surface area contributed by atoms with Gasteiger partial charge in [0.15, 0.2) is 9.84 Å². The third-order valence-electron chi connectivity index (χ3n) is 5.27. The second kappa shape index (κ2) is 7.78. The van der Waals surface area contributed by atoms with E-state index in [1.165, 1.54) is 0 Å². The molecule has 0 aliphatic carbocycles. The second-order valence-corrected chi connectivity index (χ2v) is 11.0. The summed E-state index contributed by atoms with van der Waals surface area (Å²) < 4.78 is 23.3. The highest BCUT2D eigenvalue weighted by Crippen LogP contribution is 2.27. The van der Waals surface area contributed by atoms with Gasteiger partial charge in [0.25, 0.3) is 0 Å². The van der Waals surface area contributed by atoms with Crippen LogP contribution < -0.4 is 10.6 Å². The minimum absolute atomic E-state index is 0.0190. The normalized spacial score (nSPS) is 23.8. The maximum absolute atomic E-state index is 12.6. The Bertz CT molecular complexity index is 918. The van der Waals surface area contributed by atoms with E-state index in [-0.39, 0.29) is 48.2 Å². The standard InChI is InChI=1S/C20H27N3O5S/c1-20(2,3)19(26)22-15-6-4-14(5-7-15)21-18(25)13-10-17(24)23(11-13)16-8-9-29(27,28)12-16/h4-7,13,16H,8-12H2,1-3H3,(H,21,25)(H,22,26)/t13-,16+/m1/s1. The molecule has 3 rings (SSSR count). The van der Waals surface area contributed by atoms with Crippen LogP contribution in [-0.2, 0) is 24.2 Å². The van der Waals surface area contributed by atoms with Gasteiger partial charge in [-0.1, -0.05) is 20.8 Å². The van der Waals surface area contributed by atoms with Crippen LogP contribution in [0.2, 0.25) is 0 Å². The zero-order chi connectivity index (χ0) is 21.4. The van der Waals surface area contributed by atoms with E-state index in [0.717, 1.165) is 0 Å². The molecule has 0 aromatic heterocycles. The molecule has 0 spiro atoms. The smallest absolute Gasteiger partial charge is 0.229 e. The molecule has 1 aromatic carbocycles. The molecule has 2 aliphatic rings. The van der Waals surface area contributed by atoms with Gasteiger partial charge in [-0.05, 0) is 30.7 Å². The van der Waals surface area contributed by atoms with E-state index in [0.29, 0.717) is 17.8 Å². The third-order valence-corrected chi connectivity index (χ3v) is 7.02. The third kappa shape index (κ3) is 5.14. The van der Waals surface area contributed by atoms with Crippen LogP contribution in [0.25, 0.3) is 0 Å². The molecular formula is C20H27N3O5S. The highest BCUT2D eigenvalue weighted by atomic mass is 32.2. The van der Waals surface area contributed by atoms with Crippen molar-refractivity contribution < 1.29 is 22.8 Å². The Kier molecular flexibility index (Phi) is 5.71. The maximum Gasteiger partial charge on any atom is 0.229 e. The lowest BCUT2D eigenvalue weighted by molar-refractivity contribution is -0.129. The van der Waals surface area contributed by atoms with E-state index < -0.39 is 21.2 Å². The summed E-state index contributed by atoms with van der Waals surface area (Å²) in [4.78, 5) is 38.4. The maximum atomic E-state index is 12.6. The fraction of sp³-hybridized carbons (Fsp3) is 0.550. The van der Waals surface area contributed by atoms with E-state index in [1.54, 1.807) is 29.2 Å². The van der Waals surface area contributed by atoms with Crippen molar-refractivity contribution in [2.75, 3.05) is 28.7 Å². The number of nitrogens with one attached hydrogen (secondary N) is 2. The number of nitrogens with zero attached hydrogens (tertiary/aromatic N) is 1. The van der Waals surface area contributed by atoms with Gasteiger partial charge in [-0.2, -0.15) is 0 Å². The number of hydrogen-bond acceptors (Lipinski definition) is 5. The van der Waals surface area contributed by atoms with Gasteiger partial charge in [-0.3, -0.25) is 14.4 Å². The monoisotopic (exact) mass is 421 g/mol. The molecule has 2 heterocycles. The lowest BCUT2D eigenvalue weighted by atomic mass is 9.95. The van der Waals surface area contributed by atoms with E-state index in [9.17, 15) is 22.8 Å². The number of amides is 3. The summed E-state index contributed by atoms with van der Waals surface area (Å²) in [5, 5.41) is 5.61. The number of benzene rings is 1. The van der Waals surface area contributed by atoms with Gasteiger partial charge in [0, 0.05) is 35.8 Å². The first-order chi connectivity index (χ1) is 13.4. The van der Waals surface area contributed by atoms with Gasteiger partial charge in [0.1, 0.15) is 0 Å². The van der Waals surface area contributed by atoms with E-state index >= 15 is 0 Å². The van der Waals surface area contributed by atoms with Crippen molar-refractivity contribution in [2.45, 2.75) is 39.7 Å². The second-order valence-electron chi connectivity index (χ2n) is 8.77. The van der Waals surface area contributed by atoms with Crippen molar-refractivity contribution in [1.29, 1.82) is 0 Å². The van der Waals surface area contributed by atoms with Crippen molar-refractivity contribution in [3.63, 3.8) is 0 Å². The van der Waals surface area contributed by atoms with Crippen LogP contribution in [0.1, 0.15) is 33.6 Å². The van der Waals surface area contributed by atoms with Crippen molar-refractivity contribution >= 4 is 38.9 Å². The summed E-state index contributed by atoms with van der Waals surface area (Å²) in [5.74, 6) is -0.981. The van der Waals surface area contributed by atoms with E-state index in [4.69, 9.17) is 0 Å². The quantitative estimate of drug-likeness (QED) is 0.768. The summed E-state index contributed by atoms with van der Waals surface area (Å²) >= 11 is 0. The molecular weight excluding hydrogens is 394 g/mol. The molecule has 2 fully saturated rings. The Morgan fingerprint density at radius 2 is 1.66 bits per heavy atom. The topological polar surface area (TPSA) is 113 Å². The number of likely N-dealkylation sites (tertiary alicyclic amines) is 1. The zero-order valence-electron chi connectivity index (χ0n) is 16.9. The van der Waals surface area contributed by atoms with E-state index in [2.05, 4.69) is 10.6 Å². The van der Waals surface area contributed by atoms with Crippen molar-refractivity contribution in [3.8, 4) is 0 Å². The van der Waals surface area contributed by atoms with Gasteiger partial charge >= 0.3 is 0 Å². The number of rotatable bonds is 4. The van der Waals surface area contributed by atoms with Crippen LogP contribution in [0.4, 0.5) is 11.4 Å². The predicted octanol–water partition coefficient (Wildman–Crippen LogP) is 1.65. The van der Waals surface area contributed by atoms with Gasteiger partial charge in [-0.25, -0.2) is 8.42 Å². The van der Waals surface area contributed by atoms with E-state index in [1.807, 2.05) is 20.8 Å². The molecule has 2 atom stereocenters. The van der Waals surface area contributed by atoms with Crippen LogP contribution in [0.3, 0.4) is 0 Å². The van der Waals surface area contributed by atoms with Gasteiger partial charge < -0.3 is 15.5 Å². The first kappa shape index (κ1) is 21.3. The molecule has 2 N–H and O–H groups in total. The van der Waals surface area contributed by atoms with Gasteiger partial charge in [0.05, 0.1) is 17.4 Å². The summed E-state index contributed by atoms with van der Waals surface area (Å²) in [6, 6.07) is 6.46. The molecule has 2 aliphatic heterocycles. The molecule has 0 radical (unpaired) electrons.